The van der Waals surface area contributed by atoms with Crippen molar-refractivity contribution in [3.8, 4) is 5.75 Å². The van der Waals surface area contributed by atoms with Gasteiger partial charge in [0.15, 0.2) is 5.96 Å². The lowest BCUT2D eigenvalue weighted by molar-refractivity contribution is -0.149. The zero-order valence-corrected chi connectivity index (χ0v) is 15.8. The molecule has 1 saturated carbocycles. The van der Waals surface area contributed by atoms with Crippen molar-refractivity contribution in [3.05, 3.63) is 29.8 Å². The van der Waals surface area contributed by atoms with Gasteiger partial charge in [-0.1, -0.05) is 12.1 Å². The summed E-state index contributed by atoms with van der Waals surface area (Å²) in [5, 5.41) is 16.3. The van der Waals surface area contributed by atoms with E-state index in [2.05, 4.69) is 15.6 Å². The molecule has 6 heteroatoms. The van der Waals surface area contributed by atoms with Crippen molar-refractivity contribution in [1.29, 1.82) is 0 Å². The van der Waals surface area contributed by atoms with Gasteiger partial charge in [-0.3, -0.25) is 9.79 Å². The Balaban J connectivity index is 1.81. The van der Waals surface area contributed by atoms with Crippen molar-refractivity contribution < 1.29 is 14.6 Å². The molecule has 0 heterocycles. The van der Waals surface area contributed by atoms with Gasteiger partial charge in [0.1, 0.15) is 5.75 Å². The highest BCUT2D eigenvalue weighted by Gasteiger charge is 2.27. The third kappa shape index (κ3) is 6.58. The lowest BCUT2D eigenvalue weighted by atomic mass is 9.86. The van der Waals surface area contributed by atoms with Crippen molar-refractivity contribution in [2.45, 2.75) is 52.0 Å². The zero-order valence-electron chi connectivity index (χ0n) is 15.8. The Labute approximate surface area is 156 Å². The first-order valence-corrected chi connectivity index (χ1v) is 9.61. The van der Waals surface area contributed by atoms with E-state index in [0.29, 0.717) is 19.2 Å². The fourth-order valence-electron chi connectivity index (χ4n) is 3.26. The van der Waals surface area contributed by atoms with Crippen LogP contribution in [0.4, 0.5) is 0 Å². The first-order chi connectivity index (χ1) is 12.6. The highest BCUT2D eigenvalue weighted by atomic mass is 16.5. The normalized spacial score (nSPS) is 20.5. The molecule has 6 nitrogen and oxygen atoms in total. The Morgan fingerprint density at radius 1 is 1.27 bits per heavy atom. The van der Waals surface area contributed by atoms with E-state index in [1.807, 2.05) is 26.0 Å². The predicted octanol–water partition coefficient (Wildman–Crippen LogP) is 2.61. The maximum Gasteiger partial charge on any atom is 0.308 e. The minimum Gasteiger partial charge on any atom is -0.508 e. The van der Waals surface area contributed by atoms with Crippen molar-refractivity contribution in [3.63, 3.8) is 0 Å². The minimum absolute atomic E-state index is 0.0401. The molecule has 0 radical (unpaired) electrons. The van der Waals surface area contributed by atoms with Crippen LogP contribution in [0.5, 0.6) is 5.75 Å². The molecule has 1 fully saturated rings. The van der Waals surface area contributed by atoms with E-state index < -0.39 is 0 Å². The third-order valence-corrected chi connectivity index (χ3v) is 4.61. The smallest absolute Gasteiger partial charge is 0.308 e. The van der Waals surface area contributed by atoms with Crippen molar-refractivity contribution in [1.82, 2.24) is 10.6 Å². The Morgan fingerprint density at radius 3 is 2.69 bits per heavy atom. The Hall–Kier alpha value is -2.24. The number of carbonyl (C=O) groups excluding carboxylic acids is 1. The number of phenolic OH excluding ortho intramolecular Hbond substituents is 1. The van der Waals surface area contributed by atoms with Crippen LogP contribution < -0.4 is 10.6 Å². The first-order valence-electron chi connectivity index (χ1n) is 9.61. The van der Waals surface area contributed by atoms with Gasteiger partial charge in [0.2, 0.25) is 0 Å². The maximum absolute atomic E-state index is 11.8. The molecule has 1 aliphatic carbocycles. The van der Waals surface area contributed by atoms with E-state index in [1.54, 1.807) is 12.1 Å². The number of ether oxygens (including phenoxy) is 1. The largest absolute Gasteiger partial charge is 0.508 e. The van der Waals surface area contributed by atoms with Crippen LogP contribution in [0.25, 0.3) is 0 Å². The fraction of sp³-hybridized carbons (Fsp3) is 0.600. The van der Waals surface area contributed by atoms with Crippen molar-refractivity contribution in [2.24, 2.45) is 10.9 Å². The Bertz CT molecular complexity index is 596. The number of nitrogens with zero attached hydrogens (tertiary/aromatic N) is 1. The summed E-state index contributed by atoms with van der Waals surface area (Å²) in [5.74, 6) is 1.08. The Morgan fingerprint density at radius 2 is 2.04 bits per heavy atom. The molecule has 0 aliphatic heterocycles. The molecule has 0 amide bonds. The van der Waals surface area contributed by atoms with Gasteiger partial charge in [0.25, 0.3) is 0 Å². The van der Waals surface area contributed by atoms with Crippen molar-refractivity contribution in [2.75, 3.05) is 19.7 Å². The summed E-state index contributed by atoms with van der Waals surface area (Å²) in [6, 6.07) is 7.61. The standard InChI is InChI=1S/C20H31N3O3/c1-3-21-20(22-13-12-15-6-5-7-18(24)14-15)23-17-10-8-16(9-11-17)19(25)26-4-2/h5-7,14,16-17,24H,3-4,8-13H2,1-2H3,(H2,21,22,23). The second-order valence-corrected chi connectivity index (χ2v) is 6.63. The second kappa shape index (κ2) is 10.7. The predicted molar refractivity (Wildman–Crippen MR) is 103 cm³/mol. The maximum atomic E-state index is 11.8. The van der Waals surface area contributed by atoms with Gasteiger partial charge in [0, 0.05) is 19.1 Å². The lowest BCUT2D eigenvalue weighted by Gasteiger charge is -2.29. The van der Waals surface area contributed by atoms with E-state index in [4.69, 9.17) is 4.74 Å². The van der Waals surface area contributed by atoms with Crippen LogP contribution in [0.3, 0.4) is 0 Å². The average Bonchev–Trinajstić information content (AvgIpc) is 2.63. The highest BCUT2D eigenvalue weighted by Crippen LogP contribution is 2.25. The van der Waals surface area contributed by atoms with Gasteiger partial charge >= 0.3 is 5.97 Å². The van der Waals surface area contributed by atoms with Crippen molar-refractivity contribution >= 4 is 11.9 Å². The van der Waals surface area contributed by atoms with Gasteiger partial charge in [-0.2, -0.15) is 0 Å². The molecular weight excluding hydrogens is 330 g/mol. The quantitative estimate of drug-likeness (QED) is 0.395. The summed E-state index contributed by atoms with van der Waals surface area (Å²) in [6.45, 7) is 5.80. The first kappa shape index (κ1) is 20.1. The van der Waals surface area contributed by atoms with Crippen LogP contribution in [0, 0.1) is 5.92 Å². The highest BCUT2D eigenvalue weighted by molar-refractivity contribution is 5.80. The molecule has 0 aromatic heterocycles. The molecule has 3 N–H and O–H groups in total. The number of hydrogen-bond donors (Lipinski definition) is 3. The average molecular weight is 361 g/mol. The van der Waals surface area contributed by atoms with Crippen LogP contribution in [0.1, 0.15) is 45.1 Å². The number of carbonyl (C=O) groups is 1. The van der Waals surface area contributed by atoms with E-state index in [0.717, 1.165) is 50.2 Å². The fourth-order valence-corrected chi connectivity index (χ4v) is 3.26. The van der Waals surface area contributed by atoms with Gasteiger partial charge < -0.3 is 20.5 Å². The molecule has 0 saturated heterocycles. The number of esters is 1. The van der Waals surface area contributed by atoms with Gasteiger partial charge in [-0.05, 0) is 63.6 Å². The molecule has 0 bridgehead atoms. The molecule has 2 rings (SSSR count). The summed E-state index contributed by atoms with van der Waals surface area (Å²) in [7, 11) is 0. The second-order valence-electron chi connectivity index (χ2n) is 6.63. The Kier molecular flexibility index (Phi) is 8.25. The zero-order chi connectivity index (χ0) is 18.8. The molecule has 26 heavy (non-hydrogen) atoms. The van der Waals surface area contributed by atoms with E-state index in [1.165, 1.54) is 0 Å². The van der Waals surface area contributed by atoms with Gasteiger partial charge in [-0.15, -0.1) is 0 Å². The molecule has 0 atom stereocenters. The monoisotopic (exact) mass is 361 g/mol. The number of nitrogens with one attached hydrogen (secondary N) is 2. The third-order valence-electron chi connectivity index (χ3n) is 4.61. The summed E-state index contributed by atoms with van der Waals surface area (Å²) in [6.07, 6.45) is 4.39. The van der Waals surface area contributed by atoms with E-state index >= 15 is 0 Å². The molecule has 1 aromatic rings. The van der Waals surface area contributed by atoms with Crippen LogP contribution >= 0.6 is 0 Å². The molecule has 144 valence electrons. The minimum atomic E-state index is -0.0577. The van der Waals surface area contributed by atoms with Crippen LogP contribution in [0.2, 0.25) is 0 Å². The number of rotatable bonds is 7. The molecule has 1 aromatic carbocycles. The molecule has 0 spiro atoms. The van der Waals surface area contributed by atoms with Gasteiger partial charge in [-0.25, -0.2) is 0 Å². The number of aromatic hydroxyl groups is 1. The van der Waals surface area contributed by atoms with E-state index in [9.17, 15) is 9.90 Å². The lowest BCUT2D eigenvalue weighted by Crippen LogP contribution is -2.45. The number of hydrogen-bond acceptors (Lipinski definition) is 4. The van der Waals surface area contributed by atoms with E-state index in [-0.39, 0.29) is 17.6 Å². The molecule has 0 unspecified atom stereocenters. The number of phenols is 1. The topological polar surface area (TPSA) is 83.0 Å². The summed E-state index contributed by atoms with van der Waals surface area (Å²) >= 11 is 0. The summed E-state index contributed by atoms with van der Waals surface area (Å²) in [4.78, 5) is 16.5. The summed E-state index contributed by atoms with van der Waals surface area (Å²) in [5.41, 5.74) is 1.07. The molecular formula is C20H31N3O3. The number of benzene rings is 1. The van der Waals surface area contributed by atoms with Crippen LogP contribution in [0.15, 0.2) is 29.3 Å². The van der Waals surface area contributed by atoms with Gasteiger partial charge in [0.05, 0.1) is 12.5 Å². The molecule has 1 aliphatic rings. The number of guanidine groups is 1. The summed E-state index contributed by atoms with van der Waals surface area (Å²) < 4.78 is 5.13. The van der Waals surface area contributed by atoms with Crippen LogP contribution in [-0.4, -0.2) is 42.8 Å². The van der Waals surface area contributed by atoms with Crippen LogP contribution in [-0.2, 0) is 16.0 Å². The SMILES string of the molecule is CCNC(=NCCc1cccc(O)c1)NC1CCC(C(=O)OCC)CC1. The number of aliphatic imine (C=N–C) groups is 1.